The van der Waals surface area contributed by atoms with Crippen molar-refractivity contribution in [3.8, 4) is 0 Å². The van der Waals surface area contributed by atoms with Crippen LogP contribution in [0, 0.1) is 5.92 Å². The van der Waals surface area contributed by atoms with Gasteiger partial charge in [-0.05, 0) is 44.9 Å². The monoisotopic (exact) mass is 419 g/mol. The lowest BCUT2D eigenvalue weighted by molar-refractivity contribution is -0.140. The van der Waals surface area contributed by atoms with Gasteiger partial charge < -0.3 is 9.88 Å². The molecule has 1 N–H and O–H groups in total. The summed E-state index contributed by atoms with van der Waals surface area (Å²) in [5.74, 6) is -2.18. The molecule has 0 aromatic carbocycles. The average molecular weight is 419 g/mol. The predicted molar refractivity (Wildman–Crippen MR) is 106 cm³/mol. The van der Waals surface area contributed by atoms with Gasteiger partial charge in [0, 0.05) is 37.8 Å². The highest BCUT2D eigenvalue weighted by atomic mass is 19.3. The number of nitrogens with zero attached hydrogens (tertiary/aromatic N) is 4. The molecule has 1 aliphatic heterocycles. The Morgan fingerprint density at radius 3 is 2.50 bits per heavy atom. The van der Waals surface area contributed by atoms with Crippen LogP contribution in [0.2, 0.25) is 0 Å². The Hall–Kier alpha value is -2.32. The van der Waals surface area contributed by atoms with Crippen LogP contribution in [-0.2, 0) is 4.79 Å². The summed E-state index contributed by atoms with van der Waals surface area (Å²) in [6.07, 6.45) is 6.61. The highest BCUT2D eigenvalue weighted by Crippen LogP contribution is 2.43. The number of likely N-dealkylation sites (tertiary alicyclic amines) is 1. The fourth-order valence-electron chi connectivity index (χ4n) is 5.14. The third kappa shape index (κ3) is 3.41. The second kappa shape index (κ2) is 7.42. The van der Waals surface area contributed by atoms with Crippen LogP contribution in [0.5, 0.6) is 0 Å². The van der Waals surface area contributed by atoms with E-state index in [1.54, 1.807) is 4.68 Å². The Morgan fingerprint density at radius 1 is 1.10 bits per heavy atom. The molecule has 0 bridgehead atoms. The summed E-state index contributed by atoms with van der Waals surface area (Å²) >= 11 is 0. The van der Waals surface area contributed by atoms with Gasteiger partial charge in [-0.1, -0.05) is 0 Å². The smallest absolute Gasteiger partial charge is 0.262 e. The summed E-state index contributed by atoms with van der Waals surface area (Å²) in [6.45, 7) is 1.62. The molecule has 9 heteroatoms. The number of fused-ring (bicyclic) bond motifs is 1. The van der Waals surface area contributed by atoms with Gasteiger partial charge in [-0.25, -0.2) is 18.4 Å². The predicted octanol–water partition coefficient (Wildman–Crippen LogP) is 3.38. The molecule has 2 aromatic rings. The van der Waals surface area contributed by atoms with Crippen molar-refractivity contribution in [2.75, 3.05) is 13.1 Å². The Morgan fingerprint density at radius 2 is 1.83 bits per heavy atom. The second-order valence-electron chi connectivity index (χ2n) is 9.04. The van der Waals surface area contributed by atoms with Crippen molar-refractivity contribution in [3.63, 3.8) is 0 Å². The van der Waals surface area contributed by atoms with Crippen LogP contribution in [0.3, 0.4) is 0 Å². The molecular weight excluding hydrogens is 392 g/mol. The minimum absolute atomic E-state index is 0.101. The molecule has 30 heavy (non-hydrogen) atoms. The van der Waals surface area contributed by atoms with Gasteiger partial charge in [0.1, 0.15) is 11.2 Å². The van der Waals surface area contributed by atoms with Crippen LogP contribution in [0.1, 0.15) is 75.6 Å². The van der Waals surface area contributed by atoms with Crippen LogP contribution in [-0.4, -0.2) is 49.6 Å². The van der Waals surface area contributed by atoms with E-state index in [-0.39, 0.29) is 42.2 Å². The van der Waals surface area contributed by atoms with E-state index in [9.17, 15) is 18.4 Å². The van der Waals surface area contributed by atoms with Gasteiger partial charge >= 0.3 is 0 Å². The fourth-order valence-corrected chi connectivity index (χ4v) is 5.14. The molecule has 162 valence electrons. The minimum Gasteiger partial charge on any atom is -0.342 e. The lowest BCUT2D eigenvalue weighted by atomic mass is 9.72. The Balaban J connectivity index is 1.41. The topological polar surface area (TPSA) is 83.9 Å². The van der Waals surface area contributed by atoms with Crippen molar-refractivity contribution in [2.24, 2.45) is 5.92 Å². The van der Waals surface area contributed by atoms with Crippen molar-refractivity contribution in [2.45, 2.75) is 75.7 Å². The van der Waals surface area contributed by atoms with E-state index in [0.29, 0.717) is 29.7 Å². The number of piperidine rings is 1. The van der Waals surface area contributed by atoms with E-state index in [4.69, 9.17) is 4.98 Å². The molecule has 3 heterocycles. The number of hydrogen-bond acceptors (Lipinski definition) is 4. The van der Waals surface area contributed by atoms with Crippen molar-refractivity contribution >= 4 is 16.9 Å². The van der Waals surface area contributed by atoms with E-state index >= 15 is 0 Å². The van der Waals surface area contributed by atoms with Crippen LogP contribution >= 0.6 is 0 Å². The molecule has 2 unspecified atom stereocenters. The van der Waals surface area contributed by atoms with Gasteiger partial charge in [0.15, 0.2) is 5.65 Å². The number of carbonyl (C=O) groups is 1. The summed E-state index contributed by atoms with van der Waals surface area (Å²) in [5, 5.41) is 4.68. The summed E-state index contributed by atoms with van der Waals surface area (Å²) in [5.41, 5.74) is 0.165. The quantitative estimate of drug-likeness (QED) is 0.827. The van der Waals surface area contributed by atoms with E-state index in [1.165, 1.54) is 12.6 Å². The summed E-state index contributed by atoms with van der Waals surface area (Å²) in [6, 6.07) is -0.184. The number of rotatable bonds is 3. The number of aromatic amines is 1. The van der Waals surface area contributed by atoms with Crippen molar-refractivity contribution in [1.82, 2.24) is 24.6 Å². The first kappa shape index (κ1) is 19.6. The Kier molecular flexibility index (Phi) is 4.86. The van der Waals surface area contributed by atoms with E-state index in [1.807, 2.05) is 4.90 Å². The van der Waals surface area contributed by atoms with Crippen LogP contribution in [0.15, 0.2) is 11.0 Å². The number of alkyl halides is 2. The molecule has 3 fully saturated rings. The van der Waals surface area contributed by atoms with Gasteiger partial charge in [0.05, 0.1) is 12.2 Å². The van der Waals surface area contributed by atoms with E-state index in [2.05, 4.69) is 10.1 Å². The molecule has 7 nitrogen and oxygen atoms in total. The van der Waals surface area contributed by atoms with Crippen LogP contribution in [0.4, 0.5) is 8.78 Å². The molecule has 0 spiro atoms. The van der Waals surface area contributed by atoms with E-state index < -0.39 is 5.92 Å². The van der Waals surface area contributed by atoms with Crippen LogP contribution < -0.4 is 5.56 Å². The summed E-state index contributed by atoms with van der Waals surface area (Å²) < 4.78 is 28.8. The molecule has 2 saturated carbocycles. The fraction of sp³-hybridized carbons (Fsp3) is 0.714. The van der Waals surface area contributed by atoms with E-state index in [0.717, 1.165) is 38.8 Å². The largest absolute Gasteiger partial charge is 0.342 e. The molecule has 2 aromatic heterocycles. The van der Waals surface area contributed by atoms with Gasteiger partial charge in [-0.3, -0.25) is 9.59 Å². The molecular formula is C21H27F2N5O2. The number of nitrogens with one attached hydrogen (secondary N) is 1. The SMILES string of the molecule is O=C(C1CCC1c1nc2c(cnn2C2CCC(F)(F)CC2)c(=O)[nH]1)N1CCCCC1. The summed E-state index contributed by atoms with van der Waals surface area (Å²) in [4.78, 5) is 35.1. The maximum atomic E-state index is 13.6. The van der Waals surface area contributed by atoms with Crippen molar-refractivity contribution in [1.29, 1.82) is 0 Å². The molecule has 1 saturated heterocycles. The zero-order valence-electron chi connectivity index (χ0n) is 16.9. The minimum atomic E-state index is -2.62. The standard InChI is InChI=1S/C21H27F2N5O2/c22-21(23)8-6-13(7-9-21)28-18-16(12-24-28)19(29)26-17(25-18)14-4-5-15(14)20(30)27-10-2-1-3-11-27/h12-15H,1-11H2,(H,25,26,29). The molecule has 0 radical (unpaired) electrons. The molecule has 5 rings (SSSR count). The van der Waals surface area contributed by atoms with Gasteiger partial charge in [0.2, 0.25) is 11.8 Å². The third-order valence-electron chi connectivity index (χ3n) is 7.12. The first-order valence-corrected chi connectivity index (χ1v) is 11.1. The number of H-pyrrole nitrogens is 1. The zero-order chi connectivity index (χ0) is 20.9. The molecule has 1 amide bonds. The highest BCUT2D eigenvalue weighted by molar-refractivity contribution is 5.81. The zero-order valence-corrected chi connectivity index (χ0v) is 16.9. The van der Waals surface area contributed by atoms with Gasteiger partial charge in [0.25, 0.3) is 5.56 Å². The van der Waals surface area contributed by atoms with Gasteiger partial charge in [-0.2, -0.15) is 5.10 Å². The average Bonchev–Trinajstić information content (AvgIpc) is 3.12. The van der Waals surface area contributed by atoms with Crippen LogP contribution in [0.25, 0.3) is 11.0 Å². The second-order valence-corrected chi connectivity index (χ2v) is 9.04. The first-order chi connectivity index (χ1) is 14.4. The maximum Gasteiger partial charge on any atom is 0.262 e. The summed E-state index contributed by atoms with van der Waals surface area (Å²) in [7, 11) is 0. The highest BCUT2D eigenvalue weighted by Gasteiger charge is 2.42. The number of amides is 1. The number of halogens is 2. The number of aromatic nitrogens is 4. The Labute approximate surface area is 172 Å². The van der Waals surface area contributed by atoms with Crippen molar-refractivity contribution < 1.29 is 13.6 Å². The first-order valence-electron chi connectivity index (χ1n) is 11.1. The molecule has 3 aliphatic rings. The van der Waals surface area contributed by atoms with Crippen molar-refractivity contribution in [3.05, 3.63) is 22.4 Å². The lowest BCUT2D eigenvalue weighted by Crippen LogP contribution is -2.45. The maximum absolute atomic E-state index is 13.6. The lowest BCUT2D eigenvalue weighted by Gasteiger charge is -2.39. The van der Waals surface area contributed by atoms with Gasteiger partial charge in [-0.15, -0.1) is 0 Å². The third-order valence-corrected chi connectivity index (χ3v) is 7.12. The number of carbonyl (C=O) groups excluding carboxylic acids is 1. The Bertz CT molecular complexity index is 1000. The number of hydrogen-bond donors (Lipinski definition) is 1. The molecule has 2 atom stereocenters. The molecule has 2 aliphatic carbocycles. The normalized spacial score (nSPS) is 27.2.